The van der Waals surface area contributed by atoms with Crippen molar-refractivity contribution in [1.29, 1.82) is 0 Å². The smallest absolute Gasteiger partial charge is 0.251 e. The molecule has 0 spiro atoms. The number of ether oxygens (including phenoxy) is 1. The first-order chi connectivity index (χ1) is 14.5. The number of aliphatic hydroxyl groups is 1. The van der Waals surface area contributed by atoms with Crippen molar-refractivity contribution < 1.29 is 19.4 Å². The quantitative estimate of drug-likeness (QED) is 0.420. The highest BCUT2D eigenvalue weighted by atomic mass is 32.2. The molecule has 158 valence electrons. The van der Waals surface area contributed by atoms with E-state index in [-0.39, 0.29) is 24.2 Å². The molecule has 12 heteroatoms. The molecule has 2 aromatic heterocycles. The molecular formula is C18H20N6O4S2. The fourth-order valence-electron chi connectivity index (χ4n) is 2.50. The van der Waals surface area contributed by atoms with Crippen LogP contribution in [0.2, 0.25) is 0 Å². The fraction of sp³-hybridized carbons (Fsp3) is 0.278. The maximum Gasteiger partial charge on any atom is 0.251 e. The van der Waals surface area contributed by atoms with Gasteiger partial charge in [-0.1, -0.05) is 11.8 Å². The predicted octanol–water partition coefficient (Wildman–Crippen LogP) is 1.47. The number of hydrogen-bond acceptors (Lipinski definition) is 9. The highest BCUT2D eigenvalue weighted by molar-refractivity contribution is 7.99. The van der Waals surface area contributed by atoms with Crippen molar-refractivity contribution in [3.8, 4) is 5.75 Å². The molecule has 0 saturated carbocycles. The summed E-state index contributed by atoms with van der Waals surface area (Å²) in [5.74, 6) is 0.553. The van der Waals surface area contributed by atoms with Crippen molar-refractivity contribution >= 4 is 40.0 Å². The number of nitrogens with zero attached hydrogens (tertiary/aromatic N) is 4. The molecule has 0 fully saturated rings. The van der Waals surface area contributed by atoms with Gasteiger partial charge in [0.15, 0.2) is 16.1 Å². The van der Waals surface area contributed by atoms with Gasteiger partial charge < -0.3 is 25.0 Å². The molecule has 0 unspecified atom stereocenters. The number of aromatic nitrogens is 4. The zero-order chi connectivity index (χ0) is 21.5. The molecule has 1 aromatic carbocycles. The minimum absolute atomic E-state index is 0.119. The molecule has 0 bridgehead atoms. The van der Waals surface area contributed by atoms with Gasteiger partial charge in [-0.15, -0.1) is 21.5 Å². The molecule has 3 N–H and O–H groups in total. The normalized spacial score (nSPS) is 11.7. The molecule has 10 nitrogen and oxygen atoms in total. The molecule has 0 aliphatic rings. The molecule has 3 rings (SSSR count). The Morgan fingerprint density at radius 3 is 2.70 bits per heavy atom. The Morgan fingerprint density at radius 2 is 2.07 bits per heavy atom. The molecule has 3 aromatic rings. The topological polar surface area (TPSA) is 131 Å². The zero-order valence-corrected chi connectivity index (χ0v) is 17.9. The van der Waals surface area contributed by atoms with Gasteiger partial charge in [-0.05, 0) is 24.3 Å². The first-order valence-electron chi connectivity index (χ1n) is 8.79. The average Bonchev–Trinajstić information content (AvgIpc) is 3.40. The van der Waals surface area contributed by atoms with Crippen molar-refractivity contribution in [3.63, 3.8) is 0 Å². The lowest BCUT2D eigenvalue weighted by Gasteiger charge is -2.16. The number of thioether (sulfide) groups is 1. The third-order valence-electron chi connectivity index (χ3n) is 4.03. The molecular weight excluding hydrogens is 428 g/mol. The summed E-state index contributed by atoms with van der Waals surface area (Å²) in [7, 11) is 3.25. The Morgan fingerprint density at radius 1 is 1.30 bits per heavy atom. The largest absolute Gasteiger partial charge is 0.497 e. The summed E-state index contributed by atoms with van der Waals surface area (Å²) in [5.41, 5.74) is 0.421. The van der Waals surface area contributed by atoms with Crippen LogP contribution >= 0.6 is 23.1 Å². The van der Waals surface area contributed by atoms with E-state index in [4.69, 9.17) is 4.74 Å². The summed E-state index contributed by atoms with van der Waals surface area (Å²) in [6.07, 6.45) is 1.61. The second-order valence-corrected chi connectivity index (χ2v) is 7.85. The number of aliphatic hydroxyl groups excluding tert-OH is 1. The first kappa shape index (κ1) is 21.7. The van der Waals surface area contributed by atoms with Gasteiger partial charge in [-0.2, -0.15) is 0 Å². The van der Waals surface area contributed by atoms with Gasteiger partial charge in [0.05, 0.1) is 19.5 Å². The number of nitrogens with one attached hydrogen (secondary N) is 2. The molecule has 0 aliphatic heterocycles. The number of thiazole rings is 1. The number of carbonyl (C=O) groups is 2. The van der Waals surface area contributed by atoms with E-state index < -0.39 is 6.04 Å². The van der Waals surface area contributed by atoms with Crippen LogP contribution in [0.4, 0.5) is 5.13 Å². The van der Waals surface area contributed by atoms with Crippen LogP contribution in [0.25, 0.3) is 0 Å². The van der Waals surface area contributed by atoms with Crippen LogP contribution in [-0.2, 0) is 11.8 Å². The van der Waals surface area contributed by atoms with Crippen LogP contribution in [0, 0.1) is 0 Å². The maximum absolute atomic E-state index is 12.5. The summed E-state index contributed by atoms with van der Waals surface area (Å²) >= 11 is 2.52. The summed E-state index contributed by atoms with van der Waals surface area (Å²) in [6, 6.07) is 5.85. The van der Waals surface area contributed by atoms with Crippen molar-refractivity contribution in [1.82, 2.24) is 25.1 Å². The summed E-state index contributed by atoms with van der Waals surface area (Å²) < 4.78 is 6.72. The average molecular weight is 449 g/mol. The van der Waals surface area contributed by atoms with E-state index in [1.165, 1.54) is 23.1 Å². The van der Waals surface area contributed by atoms with E-state index in [1.807, 2.05) is 0 Å². The number of anilines is 1. The minimum atomic E-state index is -0.754. The molecule has 0 radical (unpaired) electrons. The van der Waals surface area contributed by atoms with Gasteiger partial charge in [0.2, 0.25) is 5.91 Å². The Kier molecular flexibility index (Phi) is 7.38. The lowest BCUT2D eigenvalue weighted by Crippen LogP contribution is -2.32. The van der Waals surface area contributed by atoms with Crippen molar-refractivity contribution in [3.05, 3.63) is 47.2 Å². The number of methoxy groups -OCH3 is 1. The van der Waals surface area contributed by atoms with E-state index >= 15 is 0 Å². The molecule has 0 saturated heterocycles. The first-order valence-corrected chi connectivity index (χ1v) is 10.7. The molecule has 1 atom stereocenters. The number of amides is 2. The zero-order valence-electron chi connectivity index (χ0n) is 16.2. The number of carbonyl (C=O) groups excluding carboxylic acids is 2. The molecule has 30 heavy (non-hydrogen) atoms. The van der Waals surface area contributed by atoms with E-state index in [0.717, 1.165) is 0 Å². The third-order valence-corrected chi connectivity index (χ3v) is 5.74. The highest BCUT2D eigenvalue weighted by Gasteiger charge is 2.22. The number of rotatable bonds is 9. The lowest BCUT2D eigenvalue weighted by molar-refractivity contribution is -0.113. The van der Waals surface area contributed by atoms with E-state index in [2.05, 4.69) is 25.8 Å². The van der Waals surface area contributed by atoms with E-state index in [1.54, 1.807) is 54.6 Å². The molecule has 0 aliphatic carbocycles. The Balaban J connectivity index is 1.61. The summed E-state index contributed by atoms with van der Waals surface area (Å²) in [4.78, 5) is 28.5. The standard InChI is InChI=1S/C18H20N6O4S2/c1-24-15(13(9-25)20-16(27)11-3-5-12(28-2)6-4-11)22-23-18(24)30-10-14(26)21-17-19-7-8-29-17/h3-8,13,25H,9-10H2,1-2H3,(H,20,27)(H,19,21,26)/t13-/m1/s1. The fourth-order valence-corrected chi connectivity index (χ4v) is 3.76. The monoisotopic (exact) mass is 448 g/mol. The Hall–Kier alpha value is -2.96. The molecule has 2 amide bonds. The van der Waals surface area contributed by atoms with Gasteiger partial charge in [-0.3, -0.25) is 9.59 Å². The predicted molar refractivity (Wildman–Crippen MR) is 113 cm³/mol. The number of benzene rings is 1. The summed E-state index contributed by atoms with van der Waals surface area (Å²) in [5, 5.41) is 26.1. The van der Waals surface area contributed by atoms with Crippen LogP contribution in [0.5, 0.6) is 5.75 Å². The second-order valence-electron chi connectivity index (χ2n) is 6.01. The van der Waals surface area contributed by atoms with Gasteiger partial charge >= 0.3 is 0 Å². The SMILES string of the molecule is COc1ccc(C(=O)N[C@H](CO)c2nnc(SCC(=O)Nc3nccs3)n2C)cc1. The van der Waals surface area contributed by atoms with E-state index in [9.17, 15) is 14.7 Å². The van der Waals surface area contributed by atoms with Crippen molar-refractivity contribution in [2.75, 3.05) is 24.8 Å². The van der Waals surface area contributed by atoms with Crippen LogP contribution in [0.3, 0.4) is 0 Å². The minimum Gasteiger partial charge on any atom is -0.497 e. The van der Waals surface area contributed by atoms with Gasteiger partial charge in [0.1, 0.15) is 11.8 Å². The second kappa shape index (κ2) is 10.2. The molecule has 2 heterocycles. The third kappa shape index (κ3) is 5.34. The summed E-state index contributed by atoms with van der Waals surface area (Å²) in [6.45, 7) is -0.358. The van der Waals surface area contributed by atoms with E-state index in [0.29, 0.717) is 27.4 Å². The van der Waals surface area contributed by atoms with Crippen LogP contribution in [-0.4, -0.2) is 56.1 Å². The van der Waals surface area contributed by atoms with Gasteiger partial charge in [-0.25, -0.2) is 4.98 Å². The van der Waals surface area contributed by atoms with Gasteiger partial charge in [0.25, 0.3) is 5.91 Å². The van der Waals surface area contributed by atoms with Crippen LogP contribution < -0.4 is 15.4 Å². The Bertz CT molecular complexity index is 991. The van der Waals surface area contributed by atoms with Crippen molar-refractivity contribution in [2.24, 2.45) is 7.05 Å². The Labute approximate surface area is 180 Å². The number of hydrogen-bond donors (Lipinski definition) is 3. The van der Waals surface area contributed by atoms with Crippen LogP contribution in [0.1, 0.15) is 22.2 Å². The maximum atomic E-state index is 12.5. The van der Waals surface area contributed by atoms with Gasteiger partial charge in [0, 0.05) is 24.2 Å². The highest BCUT2D eigenvalue weighted by Crippen LogP contribution is 2.20. The lowest BCUT2D eigenvalue weighted by atomic mass is 10.2. The van der Waals surface area contributed by atoms with Crippen molar-refractivity contribution in [2.45, 2.75) is 11.2 Å². The van der Waals surface area contributed by atoms with Crippen LogP contribution in [0.15, 0.2) is 41.0 Å².